The van der Waals surface area contributed by atoms with E-state index >= 15 is 0 Å². The van der Waals surface area contributed by atoms with E-state index in [0.717, 1.165) is 17.0 Å². The predicted molar refractivity (Wildman–Crippen MR) is 86.4 cm³/mol. The first kappa shape index (κ1) is 14.0. The largest absolute Gasteiger partial charge is 0.497 e. The van der Waals surface area contributed by atoms with E-state index in [1.807, 2.05) is 54.6 Å². The van der Waals surface area contributed by atoms with Crippen LogP contribution in [-0.2, 0) is 0 Å². The van der Waals surface area contributed by atoms with Gasteiger partial charge in [-0.15, -0.1) is 0 Å². The van der Waals surface area contributed by atoms with Crippen LogP contribution in [-0.4, -0.2) is 18.4 Å². The Labute approximate surface area is 123 Å². The van der Waals surface area contributed by atoms with Gasteiger partial charge in [0.1, 0.15) is 5.75 Å². The Kier molecular flexibility index (Phi) is 5.08. The number of benzene rings is 2. The number of nitrogens with one attached hydrogen (secondary N) is 2. The lowest BCUT2D eigenvalue weighted by Crippen LogP contribution is -2.23. The molecule has 2 rings (SSSR count). The summed E-state index contributed by atoms with van der Waals surface area (Å²) in [5.74, 6) is 0.802. The summed E-state index contributed by atoms with van der Waals surface area (Å²) in [6.45, 7) is 0. The highest BCUT2D eigenvalue weighted by Gasteiger charge is 1.96. The number of methoxy groups -OCH3 is 1. The van der Waals surface area contributed by atoms with Crippen molar-refractivity contribution in [2.45, 2.75) is 0 Å². The van der Waals surface area contributed by atoms with Gasteiger partial charge in [-0.25, -0.2) is 0 Å². The number of rotatable bonds is 4. The van der Waals surface area contributed by atoms with Crippen LogP contribution in [0, 0.1) is 0 Å². The summed E-state index contributed by atoms with van der Waals surface area (Å²) < 4.78 is 5.09. The third-order valence-corrected chi connectivity index (χ3v) is 2.72. The van der Waals surface area contributed by atoms with Crippen LogP contribution in [0.3, 0.4) is 0 Å². The maximum atomic E-state index is 5.15. The molecule has 5 heteroatoms. The first-order valence-corrected chi connectivity index (χ1v) is 6.48. The molecule has 0 saturated heterocycles. The Balaban J connectivity index is 1.84. The molecule has 0 heterocycles. The second-order valence-electron chi connectivity index (χ2n) is 3.96. The lowest BCUT2D eigenvalue weighted by molar-refractivity contribution is 0.415. The van der Waals surface area contributed by atoms with Crippen LogP contribution in [0.2, 0.25) is 0 Å². The monoisotopic (exact) mass is 285 g/mol. The number of hydrogen-bond acceptors (Lipinski definition) is 3. The molecule has 0 spiro atoms. The maximum absolute atomic E-state index is 5.15. The van der Waals surface area contributed by atoms with Gasteiger partial charge in [0.2, 0.25) is 0 Å². The molecule has 2 N–H and O–H groups in total. The van der Waals surface area contributed by atoms with Crippen molar-refractivity contribution in [1.29, 1.82) is 0 Å². The van der Waals surface area contributed by atoms with Crippen molar-refractivity contribution in [3.05, 3.63) is 60.2 Å². The first-order chi connectivity index (χ1) is 9.78. The smallest absolute Gasteiger partial charge is 0.191 e. The molecule has 102 valence electrons. The van der Waals surface area contributed by atoms with Crippen LogP contribution < -0.4 is 15.5 Å². The van der Waals surface area contributed by atoms with Crippen LogP contribution in [0.4, 0.5) is 5.69 Å². The molecule has 0 bridgehead atoms. The molecule has 20 heavy (non-hydrogen) atoms. The predicted octanol–water partition coefficient (Wildman–Crippen LogP) is 3.02. The molecule has 0 unspecified atom stereocenters. The quantitative estimate of drug-likeness (QED) is 0.515. The number of hydrogen-bond donors (Lipinski definition) is 2. The van der Waals surface area contributed by atoms with Crippen LogP contribution >= 0.6 is 12.2 Å². The lowest BCUT2D eigenvalue weighted by Gasteiger charge is -2.07. The van der Waals surface area contributed by atoms with Crippen molar-refractivity contribution in [3.8, 4) is 5.75 Å². The van der Waals surface area contributed by atoms with Crippen LogP contribution in [0.5, 0.6) is 5.75 Å². The normalized spacial score (nSPS) is 10.2. The third-order valence-electron chi connectivity index (χ3n) is 2.53. The molecule has 0 radical (unpaired) electrons. The topological polar surface area (TPSA) is 45.6 Å². The van der Waals surface area contributed by atoms with Crippen molar-refractivity contribution in [2.24, 2.45) is 5.10 Å². The fourth-order valence-electron chi connectivity index (χ4n) is 1.54. The average Bonchev–Trinajstić information content (AvgIpc) is 2.49. The molecule has 0 atom stereocenters. The van der Waals surface area contributed by atoms with E-state index in [1.54, 1.807) is 13.3 Å². The minimum atomic E-state index is 0.433. The Hall–Kier alpha value is -2.40. The van der Waals surface area contributed by atoms with E-state index < -0.39 is 0 Å². The second-order valence-corrected chi connectivity index (χ2v) is 4.37. The number of nitrogens with zero attached hydrogens (tertiary/aromatic N) is 1. The Morgan fingerprint density at radius 3 is 2.45 bits per heavy atom. The Morgan fingerprint density at radius 1 is 1.10 bits per heavy atom. The molecular weight excluding hydrogens is 270 g/mol. The van der Waals surface area contributed by atoms with E-state index in [-0.39, 0.29) is 0 Å². The van der Waals surface area contributed by atoms with Crippen molar-refractivity contribution in [3.63, 3.8) is 0 Å². The molecule has 0 aliphatic rings. The van der Waals surface area contributed by atoms with Crippen molar-refractivity contribution in [2.75, 3.05) is 12.4 Å². The van der Waals surface area contributed by atoms with Gasteiger partial charge in [-0.2, -0.15) is 5.10 Å². The minimum absolute atomic E-state index is 0.433. The number of anilines is 1. The van der Waals surface area contributed by atoms with Gasteiger partial charge in [-0.1, -0.05) is 30.3 Å². The van der Waals surface area contributed by atoms with Crippen LogP contribution in [0.1, 0.15) is 5.56 Å². The highest BCUT2D eigenvalue weighted by atomic mass is 32.1. The zero-order valence-corrected chi connectivity index (χ0v) is 11.9. The molecule has 0 saturated carbocycles. The van der Waals surface area contributed by atoms with Crippen molar-refractivity contribution < 1.29 is 4.74 Å². The number of thiocarbonyl (C=S) groups is 1. The van der Waals surface area contributed by atoms with Gasteiger partial charge in [0.05, 0.1) is 13.3 Å². The van der Waals surface area contributed by atoms with Gasteiger partial charge in [0, 0.05) is 5.69 Å². The van der Waals surface area contributed by atoms with Gasteiger partial charge < -0.3 is 10.1 Å². The minimum Gasteiger partial charge on any atom is -0.497 e. The molecule has 0 amide bonds. The molecule has 4 nitrogen and oxygen atoms in total. The summed E-state index contributed by atoms with van der Waals surface area (Å²) in [7, 11) is 1.63. The van der Waals surface area contributed by atoms with Gasteiger partial charge >= 0.3 is 0 Å². The summed E-state index contributed by atoms with van der Waals surface area (Å²) in [5, 5.41) is 7.53. The van der Waals surface area contributed by atoms with Crippen LogP contribution in [0.25, 0.3) is 0 Å². The summed E-state index contributed by atoms with van der Waals surface area (Å²) >= 11 is 5.15. The zero-order valence-electron chi connectivity index (χ0n) is 11.0. The van der Waals surface area contributed by atoms with E-state index in [9.17, 15) is 0 Å². The summed E-state index contributed by atoms with van der Waals surface area (Å²) in [6, 6.07) is 17.3. The van der Waals surface area contributed by atoms with E-state index in [4.69, 9.17) is 17.0 Å². The average molecular weight is 285 g/mol. The number of hydrazone groups is 1. The zero-order chi connectivity index (χ0) is 14.2. The molecule has 0 fully saturated rings. The lowest BCUT2D eigenvalue weighted by atomic mass is 10.2. The molecule has 0 aliphatic carbocycles. The second kappa shape index (κ2) is 7.25. The Morgan fingerprint density at radius 2 is 1.80 bits per heavy atom. The van der Waals surface area contributed by atoms with E-state index in [2.05, 4.69) is 15.8 Å². The summed E-state index contributed by atoms with van der Waals surface area (Å²) in [6.07, 6.45) is 1.71. The van der Waals surface area contributed by atoms with Gasteiger partial charge in [0.15, 0.2) is 5.11 Å². The third kappa shape index (κ3) is 4.37. The Bertz CT molecular complexity index is 582. The highest BCUT2D eigenvalue weighted by Crippen LogP contribution is 2.14. The molecule has 2 aromatic carbocycles. The SMILES string of the molecule is COc1ccc(NC(=S)N/N=C/c2ccccc2)cc1. The summed E-state index contributed by atoms with van der Waals surface area (Å²) in [5.41, 5.74) is 4.65. The maximum Gasteiger partial charge on any atom is 0.191 e. The fourth-order valence-corrected chi connectivity index (χ4v) is 1.71. The fraction of sp³-hybridized carbons (Fsp3) is 0.0667. The van der Waals surface area contributed by atoms with Gasteiger partial charge in [-0.3, -0.25) is 5.43 Å². The molecule has 0 aliphatic heterocycles. The van der Waals surface area contributed by atoms with Crippen molar-refractivity contribution >= 4 is 29.2 Å². The van der Waals surface area contributed by atoms with E-state index in [0.29, 0.717) is 5.11 Å². The highest BCUT2D eigenvalue weighted by molar-refractivity contribution is 7.80. The van der Waals surface area contributed by atoms with Crippen LogP contribution in [0.15, 0.2) is 59.7 Å². The molecule has 2 aromatic rings. The van der Waals surface area contributed by atoms with Gasteiger partial charge in [0.25, 0.3) is 0 Å². The first-order valence-electron chi connectivity index (χ1n) is 6.07. The van der Waals surface area contributed by atoms with Gasteiger partial charge in [-0.05, 0) is 42.0 Å². The number of ether oxygens (including phenoxy) is 1. The standard InChI is InChI=1S/C15H15N3OS/c1-19-14-9-7-13(8-10-14)17-15(20)18-16-11-12-5-3-2-4-6-12/h2-11H,1H3,(H2,17,18,20)/b16-11+. The molecular formula is C15H15N3OS. The van der Waals surface area contributed by atoms with Crippen molar-refractivity contribution in [1.82, 2.24) is 5.43 Å². The summed E-state index contributed by atoms with van der Waals surface area (Å²) in [4.78, 5) is 0. The van der Waals surface area contributed by atoms with E-state index in [1.165, 1.54) is 0 Å². The molecule has 0 aromatic heterocycles.